The van der Waals surface area contributed by atoms with Crippen LogP contribution in [0.3, 0.4) is 0 Å². The fourth-order valence-corrected chi connectivity index (χ4v) is 3.97. The quantitative estimate of drug-likeness (QED) is 0.642. The molecule has 0 spiro atoms. The third-order valence-electron chi connectivity index (χ3n) is 4.69. The number of fused-ring (bicyclic) bond motifs is 3. The summed E-state index contributed by atoms with van der Waals surface area (Å²) >= 11 is 3.50. The average Bonchev–Trinajstić information content (AvgIpc) is 2.88. The Kier molecular flexibility index (Phi) is 3.45. The lowest BCUT2D eigenvalue weighted by molar-refractivity contribution is 0.476. The van der Waals surface area contributed by atoms with E-state index in [1.807, 2.05) is 6.07 Å². The first kappa shape index (κ1) is 13.9. The topological polar surface area (TPSA) is 36.0 Å². The van der Waals surface area contributed by atoms with Crippen LogP contribution in [0.1, 0.15) is 35.6 Å². The highest BCUT2D eigenvalue weighted by molar-refractivity contribution is 9.10. The summed E-state index contributed by atoms with van der Waals surface area (Å²) in [6, 6.07) is 14.3. The molecule has 1 heterocycles. The first-order valence-electron chi connectivity index (χ1n) is 7.78. The van der Waals surface area contributed by atoms with Crippen LogP contribution in [-0.4, -0.2) is 10.1 Å². The van der Waals surface area contributed by atoms with Gasteiger partial charge in [-0.25, -0.2) is 0 Å². The molecule has 112 valence electrons. The second-order valence-electron chi connectivity index (χ2n) is 6.17. The summed E-state index contributed by atoms with van der Waals surface area (Å²) in [7, 11) is 0. The molecule has 1 aromatic heterocycles. The third kappa shape index (κ3) is 2.44. The zero-order valence-corrected chi connectivity index (χ0v) is 13.9. The summed E-state index contributed by atoms with van der Waals surface area (Å²) in [5, 5.41) is 11.0. The summed E-state index contributed by atoms with van der Waals surface area (Å²) in [5.74, 6) is 0.888. The smallest absolute Gasteiger partial charge is 0.117 e. The number of benzene rings is 2. The number of halogens is 1. The van der Waals surface area contributed by atoms with Crippen LogP contribution in [0.2, 0.25) is 0 Å². The molecular weight excluding hydrogens is 338 g/mol. The van der Waals surface area contributed by atoms with Crippen LogP contribution in [0, 0.1) is 0 Å². The van der Waals surface area contributed by atoms with Crippen LogP contribution in [0.5, 0.6) is 5.75 Å². The lowest BCUT2D eigenvalue weighted by Crippen LogP contribution is -2.11. The molecule has 0 saturated carbocycles. The Morgan fingerprint density at radius 2 is 1.95 bits per heavy atom. The van der Waals surface area contributed by atoms with E-state index >= 15 is 0 Å². The number of aromatic hydroxyl groups is 1. The van der Waals surface area contributed by atoms with Crippen molar-refractivity contribution in [2.24, 2.45) is 0 Å². The molecule has 1 unspecified atom stereocenters. The number of aromatic amines is 1. The van der Waals surface area contributed by atoms with E-state index < -0.39 is 0 Å². The first-order valence-corrected chi connectivity index (χ1v) is 8.58. The molecule has 1 aliphatic rings. The van der Waals surface area contributed by atoms with Gasteiger partial charge in [-0.2, -0.15) is 0 Å². The summed E-state index contributed by atoms with van der Waals surface area (Å²) in [5.41, 5.74) is 5.26. The molecule has 2 aromatic carbocycles. The maximum atomic E-state index is 9.69. The average molecular weight is 356 g/mol. The summed E-state index contributed by atoms with van der Waals surface area (Å²) in [4.78, 5) is 3.51. The van der Waals surface area contributed by atoms with Crippen LogP contribution in [0.4, 0.5) is 0 Å². The second kappa shape index (κ2) is 5.47. The largest absolute Gasteiger partial charge is 0.508 e. The number of aromatic nitrogens is 1. The van der Waals surface area contributed by atoms with E-state index in [-0.39, 0.29) is 0 Å². The summed E-state index contributed by atoms with van der Waals surface area (Å²) < 4.78 is 1.13. The van der Waals surface area contributed by atoms with Gasteiger partial charge in [0.05, 0.1) is 0 Å². The summed E-state index contributed by atoms with van der Waals surface area (Å²) in [6.45, 7) is 0. The number of nitrogens with one attached hydrogen (secondary N) is 1. The molecule has 1 atom stereocenters. The molecule has 22 heavy (non-hydrogen) atoms. The Morgan fingerprint density at radius 1 is 1.14 bits per heavy atom. The molecule has 0 saturated heterocycles. The Balaban J connectivity index is 1.74. The Labute approximate surface area is 138 Å². The van der Waals surface area contributed by atoms with E-state index in [2.05, 4.69) is 51.2 Å². The molecule has 0 radical (unpaired) electrons. The van der Waals surface area contributed by atoms with Crippen molar-refractivity contribution >= 4 is 26.8 Å². The van der Waals surface area contributed by atoms with Gasteiger partial charge in [-0.3, -0.25) is 0 Å². The number of phenols is 1. The van der Waals surface area contributed by atoms with Crippen LogP contribution < -0.4 is 0 Å². The van der Waals surface area contributed by atoms with Gasteiger partial charge in [-0.1, -0.05) is 28.1 Å². The molecule has 0 aliphatic heterocycles. The number of phenolic OH excluding ortho intramolecular Hbond substituents is 1. The van der Waals surface area contributed by atoms with Gasteiger partial charge in [0, 0.05) is 27.1 Å². The van der Waals surface area contributed by atoms with E-state index in [0.717, 1.165) is 22.8 Å². The molecule has 3 aromatic rings. The lowest BCUT2D eigenvalue weighted by atomic mass is 9.81. The van der Waals surface area contributed by atoms with Crippen LogP contribution in [0.25, 0.3) is 10.9 Å². The van der Waals surface area contributed by atoms with Crippen molar-refractivity contribution in [3.8, 4) is 5.75 Å². The molecule has 0 fully saturated rings. The van der Waals surface area contributed by atoms with E-state index in [1.54, 1.807) is 6.07 Å². The predicted molar refractivity (Wildman–Crippen MR) is 93.5 cm³/mol. The van der Waals surface area contributed by atoms with Gasteiger partial charge in [0.25, 0.3) is 0 Å². The molecule has 3 heteroatoms. The minimum Gasteiger partial charge on any atom is -0.508 e. The zero-order valence-electron chi connectivity index (χ0n) is 12.3. The minimum absolute atomic E-state index is 0.329. The van der Waals surface area contributed by atoms with E-state index in [1.165, 1.54) is 35.0 Å². The van der Waals surface area contributed by atoms with Crippen molar-refractivity contribution in [2.45, 2.75) is 31.6 Å². The Morgan fingerprint density at radius 3 is 2.77 bits per heavy atom. The highest BCUT2D eigenvalue weighted by atomic mass is 79.9. The van der Waals surface area contributed by atoms with E-state index in [9.17, 15) is 5.11 Å². The van der Waals surface area contributed by atoms with Gasteiger partial charge < -0.3 is 10.1 Å². The van der Waals surface area contributed by atoms with Crippen molar-refractivity contribution in [3.05, 3.63) is 63.8 Å². The van der Waals surface area contributed by atoms with Crippen molar-refractivity contribution in [2.75, 3.05) is 0 Å². The standard InChI is InChI=1S/C19H18BrNO/c20-14-6-4-12(5-7-14)10-13-2-1-3-17-19(13)16-9-8-15(22)11-18(16)21-17/h4-9,11,13,21-22H,1-3,10H2. The molecule has 0 bridgehead atoms. The van der Waals surface area contributed by atoms with E-state index in [4.69, 9.17) is 0 Å². The van der Waals surface area contributed by atoms with Crippen molar-refractivity contribution in [1.82, 2.24) is 4.98 Å². The minimum atomic E-state index is 0.329. The highest BCUT2D eigenvalue weighted by Gasteiger charge is 2.24. The van der Waals surface area contributed by atoms with Crippen LogP contribution in [-0.2, 0) is 12.8 Å². The van der Waals surface area contributed by atoms with Gasteiger partial charge in [0.1, 0.15) is 5.75 Å². The second-order valence-corrected chi connectivity index (χ2v) is 7.08. The van der Waals surface area contributed by atoms with Crippen LogP contribution >= 0.6 is 15.9 Å². The highest BCUT2D eigenvalue weighted by Crippen LogP contribution is 2.39. The van der Waals surface area contributed by atoms with Crippen LogP contribution in [0.15, 0.2) is 46.9 Å². The van der Waals surface area contributed by atoms with Gasteiger partial charge in [0.15, 0.2) is 0 Å². The molecule has 0 amide bonds. The normalized spacial score (nSPS) is 17.6. The Bertz CT molecular complexity index is 819. The van der Waals surface area contributed by atoms with Gasteiger partial charge in [0.2, 0.25) is 0 Å². The molecule has 1 aliphatic carbocycles. The van der Waals surface area contributed by atoms with E-state index in [0.29, 0.717) is 11.7 Å². The van der Waals surface area contributed by atoms with Gasteiger partial charge >= 0.3 is 0 Å². The van der Waals surface area contributed by atoms with Crippen molar-refractivity contribution < 1.29 is 5.11 Å². The molecule has 4 rings (SSSR count). The molecule has 2 nitrogen and oxygen atoms in total. The Hall–Kier alpha value is -1.74. The SMILES string of the molecule is Oc1ccc2c3c([nH]c2c1)CCCC3Cc1ccc(Br)cc1. The monoisotopic (exact) mass is 355 g/mol. The maximum Gasteiger partial charge on any atom is 0.117 e. The molecular formula is C19H18BrNO. The number of rotatable bonds is 2. The lowest BCUT2D eigenvalue weighted by Gasteiger charge is -2.23. The van der Waals surface area contributed by atoms with Crippen molar-refractivity contribution in [1.29, 1.82) is 0 Å². The fraction of sp³-hybridized carbons (Fsp3) is 0.263. The number of H-pyrrole nitrogens is 1. The number of hydrogen-bond acceptors (Lipinski definition) is 1. The number of aryl methyl sites for hydroxylation is 1. The first-order chi connectivity index (χ1) is 10.7. The molecule has 2 N–H and O–H groups in total. The van der Waals surface area contributed by atoms with Crippen molar-refractivity contribution in [3.63, 3.8) is 0 Å². The zero-order chi connectivity index (χ0) is 15.1. The predicted octanol–water partition coefficient (Wildman–Crippen LogP) is 5.30. The maximum absolute atomic E-state index is 9.69. The third-order valence-corrected chi connectivity index (χ3v) is 5.22. The fourth-order valence-electron chi connectivity index (χ4n) is 3.71. The number of hydrogen-bond donors (Lipinski definition) is 2. The van der Waals surface area contributed by atoms with Gasteiger partial charge in [-0.15, -0.1) is 0 Å². The summed E-state index contributed by atoms with van der Waals surface area (Å²) in [6.07, 6.45) is 4.65. The van der Waals surface area contributed by atoms with Gasteiger partial charge in [-0.05, 0) is 67.0 Å².